The maximum Gasteiger partial charge on any atom is 0.407 e. The van der Waals surface area contributed by atoms with Gasteiger partial charge in [0, 0.05) is 19.0 Å². The molecule has 0 aliphatic heterocycles. The van der Waals surface area contributed by atoms with Crippen LogP contribution in [-0.2, 0) is 27.9 Å². The van der Waals surface area contributed by atoms with Crippen LogP contribution in [0.2, 0.25) is 0 Å². The van der Waals surface area contributed by atoms with Crippen molar-refractivity contribution in [3.8, 4) is 11.1 Å². The molecule has 2 amide bonds. The zero-order chi connectivity index (χ0) is 28.9. The van der Waals surface area contributed by atoms with Crippen molar-refractivity contribution in [2.75, 3.05) is 11.9 Å². The topological polar surface area (TPSA) is 132 Å². The van der Waals surface area contributed by atoms with Crippen molar-refractivity contribution in [3.05, 3.63) is 107 Å². The van der Waals surface area contributed by atoms with Crippen LogP contribution in [0.4, 0.5) is 10.6 Å². The second kappa shape index (κ2) is 12.1. The number of carbonyl (C=O) groups excluding carboxylic acids is 2. The van der Waals surface area contributed by atoms with Crippen molar-refractivity contribution in [3.63, 3.8) is 0 Å². The monoisotopic (exact) mass is 554 g/mol. The van der Waals surface area contributed by atoms with Crippen LogP contribution < -0.4 is 10.6 Å². The molecule has 4 aromatic rings. The van der Waals surface area contributed by atoms with Crippen LogP contribution >= 0.6 is 0 Å². The lowest BCUT2D eigenvalue weighted by molar-refractivity contribution is -0.122. The number of aromatic nitrogens is 2. The summed E-state index contributed by atoms with van der Waals surface area (Å²) in [5.74, 6) is -1.83. The number of fused-ring (bicyclic) bond motifs is 3. The standard InChI is InChI=1S/C31H30N4O6/c1-19(40-17-20-10-4-3-5-11-20)28(29(36)32-27-16-26(30(37)38)34-35(27)2)33-31(39)41-18-25-23-14-8-6-12-21(23)22-13-7-9-15-24(22)25/h3-16,19,25,28H,17-18H2,1-2H3,(H,32,36)(H,33,39)(H,37,38). The number of ether oxygens (including phenoxy) is 2. The maximum absolute atomic E-state index is 13.4. The second-order valence-corrected chi connectivity index (χ2v) is 9.78. The van der Waals surface area contributed by atoms with E-state index in [-0.39, 0.29) is 30.6 Å². The van der Waals surface area contributed by atoms with Gasteiger partial charge in [-0.05, 0) is 34.7 Å². The normalized spacial score (nSPS) is 13.5. The summed E-state index contributed by atoms with van der Waals surface area (Å²) >= 11 is 0. The lowest BCUT2D eigenvalue weighted by Crippen LogP contribution is -2.51. The molecule has 10 nitrogen and oxygen atoms in total. The van der Waals surface area contributed by atoms with Crippen LogP contribution in [0.5, 0.6) is 0 Å². The van der Waals surface area contributed by atoms with Gasteiger partial charge < -0.3 is 25.2 Å². The van der Waals surface area contributed by atoms with Crippen LogP contribution in [-0.4, -0.2) is 51.6 Å². The van der Waals surface area contributed by atoms with Crippen molar-refractivity contribution in [2.45, 2.75) is 31.6 Å². The van der Waals surface area contributed by atoms with E-state index in [1.807, 2.05) is 66.7 Å². The predicted molar refractivity (Wildman–Crippen MR) is 151 cm³/mol. The van der Waals surface area contributed by atoms with Gasteiger partial charge in [0.15, 0.2) is 5.69 Å². The number of hydrogen-bond donors (Lipinski definition) is 3. The van der Waals surface area contributed by atoms with Crippen LogP contribution in [0.3, 0.4) is 0 Å². The molecular formula is C31H30N4O6. The van der Waals surface area contributed by atoms with Crippen LogP contribution in [0.15, 0.2) is 84.9 Å². The van der Waals surface area contributed by atoms with Gasteiger partial charge in [0.05, 0.1) is 12.7 Å². The molecule has 1 aliphatic carbocycles. The molecule has 3 N–H and O–H groups in total. The van der Waals surface area contributed by atoms with Crippen LogP contribution in [0.25, 0.3) is 11.1 Å². The van der Waals surface area contributed by atoms with Gasteiger partial charge in [-0.1, -0.05) is 78.9 Å². The zero-order valence-corrected chi connectivity index (χ0v) is 22.6. The summed E-state index contributed by atoms with van der Waals surface area (Å²) in [4.78, 5) is 37.7. The first-order valence-corrected chi connectivity index (χ1v) is 13.2. The Balaban J connectivity index is 1.30. The molecule has 0 bridgehead atoms. The summed E-state index contributed by atoms with van der Waals surface area (Å²) < 4.78 is 12.8. The van der Waals surface area contributed by atoms with E-state index in [9.17, 15) is 19.5 Å². The van der Waals surface area contributed by atoms with Gasteiger partial charge in [-0.3, -0.25) is 9.48 Å². The average molecular weight is 555 g/mol. The molecule has 2 atom stereocenters. The summed E-state index contributed by atoms with van der Waals surface area (Å²) in [6.45, 7) is 1.97. The number of alkyl carbamates (subject to hydrolysis) is 1. The first-order chi connectivity index (χ1) is 19.8. The van der Waals surface area contributed by atoms with E-state index in [2.05, 4.69) is 27.9 Å². The number of aromatic carboxylic acids is 1. The highest BCUT2D eigenvalue weighted by Gasteiger charge is 2.32. The van der Waals surface area contributed by atoms with Crippen molar-refractivity contribution in [2.24, 2.45) is 7.05 Å². The number of amides is 2. The number of anilines is 1. The predicted octanol–water partition coefficient (Wildman–Crippen LogP) is 4.57. The first kappa shape index (κ1) is 27.6. The van der Waals surface area contributed by atoms with Gasteiger partial charge >= 0.3 is 12.1 Å². The third-order valence-corrected chi connectivity index (χ3v) is 7.07. The van der Waals surface area contributed by atoms with Crippen LogP contribution in [0, 0.1) is 0 Å². The van der Waals surface area contributed by atoms with Gasteiger partial charge in [-0.2, -0.15) is 5.10 Å². The Hall–Kier alpha value is -4.96. The number of carbonyl (C=O) groups is 3. The number of nitrogens with one attached hydrogen (secondary N) is 2. The highest BCUT2D eigenvalue weighted by molar-refractivity contribution is 5.97. The van der Waals surface area contributed by atoms with Crippen LogP contribution in [0.1, 0.15) is 40.0 Å². The van der Waals surface area contributed by atoms with E-state index in [1.165, 1.54) is 17.8 Å². The molecule has 0 saturated heterocycles. The third-order valence-electron chi connectivity index (χ3n) is 7.07. The molecule has 1 heterocycles. The van der Waals surface area contributed by atoms with Gasteiger partial charge in [-0.15, -0.1) is 0 Å². The van der Waals surface area contributed by atoms with Gasteiger partial charge in [-0.25, -0.2) is 9.59 Å². The molecule has 210 valence electrons. The quantitative estimate of drug-likeness (QED) is 0.262. The molecule has 41 heavy (non-hydrogen) atoms. The number of carboxylic acid groups (broad SMARTS) is 1. The molecule has 0 fully saturated rings. The number of rotatable bonds is 10. The molecule has 0 spiro atoms. The minimum Gasteiger partial charge on any atom is -0.476 e. The maximum atomic E-state index is 13.4. The molecule has 1 aromatic heterocycles. The molecule has 1 aliphatic rings. The van der Waals surface area contributed by atoms with Crippen molar-refractivity contribution < 1.29 is 29.0 Å². The Morgan fingerprint density at radius 2 is 1.56 bits per heavy atom. The molecule has 0 saturated carbocycles. The van der Waals surface area contributed by atoms with Crippen molar-refractivity contribution >= 4 is 23.8 Å². The third kappa shape index (κ3) is 6.12. The highest BCUT2D eigenvalue weighted by atomic mass is 16.5. The minimum absolute atomic E-state index is 0.0805. The summed E-state index contributed by atoms with van der Waals surface area (Å²) in [5.41, 5.74) is 5.03. The average Bonchev–Trinajstić information content (AvgIpc) is 3.51. The molecule has 3 aromatic carbocycles. The van der Waals surface area contributed by atoms with Crippen molar-refractivity contribution in [1.29, 1.82) is 0 Å². The Morgan fingerprint density at radius 3 is 2.17 bits per heavy atom. The van der Waals surface area contributed by atoms with E-state index >= 15 is 0 Å². The Morgan fingerprint density at radius 1 is 0.951 bits per heavy atom. The number of hydrogen-bond acceptors (Lipinski definition) is 6. The smallest absolute Gasteiger partial charge is 0.407 e. The highest BCUT2D eigenvalue weighted by Crippen LogP contribution is 2.44. The number of nitrogens with zero attached hydrogens (tertiary/aromatic N) is 2. The van der Waals surface area contributed by atoms with E-state index in [0.717, 1.165) is 27.8 Å². The lowest BCUT2D eigenvalue weighted by Gasteiger charge is -2.25. The number of carboxylic acids is 1. The van der Waals surface area contributed by atoms with Gasteiger partial charge in [0.2, 0.25) is 0 Å². The Labute approximate surface area is 236 Å². The molecule has 5 rings (SSSR count). The SMILES string of the molecule is CC(OCc1ccccc1)C(NC(=O)OCC1c2ccccc2-c2ccccc21)C(=O)Nc1cc(C(=O)O)nn1C. The molecular weight excluding hydrogens is 524 g/mol. The molecule has 10 heteroatoms. The fourth-order valence-corrected chi connectivity index (χ4v) is 4.95. The number of aryl methyl sites for hydroxylation is 1. The Kier molecular flexibility index (Phi) is 8.11. The van der Waals surface area contributed by atoms with E-state index < -0.39 is 30.1 Å². The summed E-state index contributed by atoms with van der Waals surface area (Å²) in [6.07, 6.45) is -1.54. The minimum atomic E-state index is -1.23. The second-order valence-electron chi connectivity index (χ2n) is 9.78. The number of benzene rings is 3. The summed E-state index contributed by atoms with van der Waals surface area (Å²) in [5, 5.41) is 18.4. The van der Waals surface area contributed by atoms with Gasteiger partial charge in [0.1, 0.15) is 18.5 Å². The van der Waals surface area contributed by atoms with Crippen molar-refractivity contribution in [1.82, 2.24) is 15.1 Å². The summed E-state index contributed by atoms with van der Waals surface area (Å²) in [7, 11) is 1.51. The molecule has 0 radical (unpaired) electrons. The van der Waals surface area contributed by atoms with E-state index in [4.69, 9.17) is 9.47 Å². The molecule has 2 unspecified atom stereocenters. The zero-order valence-electron chi connectivity index (χ0n) is 22.6. The van der Waals surface area contributed by atoms with E-state index in [0.29, 0.717) is 0 Å². The first-order valence-electron chi connectivity index (χ1n) is 13.2. The summed E-state index contributed by atoms with van der Waals surface area (Å²) in [6, 6.07) is 25.5. The Bertz CT molecular complexity index is 1520. The van der Waals surface area contributed by atoms with E-state index in [1.54, 1.807) is 6.92 Å². The fourth-order valence-electron chi connectivity index (χ4n) is 4.95. The lowest BCUT2D eigenvalue weighted by atomic mass is 9.98. The van der Waals surface area contributed by atoms with Gasteiger partial charge in [0.25, 0.3) is 5.91 Å². The largest absolute Gasteiger partial charge is 0.476 e. The fraction of sp³-hybridized carbons (Fsp3) is 0.226.